The number of nitrogens with two attached hydrogens (primary N) is 1. The summed E-state index contributed by atoms with van der Waals surface area (Å²) in [4.78, 5) is 12.7. The van der Waals surface area contributed by atoms with Crippen LogP contribution in [0.2, 0.25) is 10.0 Å². The zero-order chi connectivity index (χ0) is 17.5. The standard InChI is InChI=1S/C18H18Cl2N2O2.ClH/c1-18(2)9-14(11-8-10(21)6-7-15(11)24-18)22-17(23)16-12(19)4-3-5-13(16)20;/h3-8,14H,9,21H2,1-2H3,(H,22,23);1H. The minimum atomic E-state index is -0.411. The lowest BCUT2D eigenvalue weighted by Crippen LogP contribution is -2.41. The van der Waals surface area contributed by atoms with Gasteiger partial charge in [-0.2, -0.15) is 0 Å². The van der Waals surface area contributed by atoms with Gasteiger partial charge in [-0.05, 0) is 44.2 Å². The van der Waals surface area contributed by atoms with Gasteiger partial charge in [0, 0.05) is 17.7 Å². The molecule has 25 heavy (non-hydrogen) atoms. The summed E-state index contributed by atoms with van der Waals surface area (Å²) in [6.07, 6.45) is 0.608. The number of nitrogen functional groups attached to an aromatic ring is 1. The summed E-state index contributed by atoms with van der Waals surface area (Å²) in [5.41, 5.74) is 7.22. The number of rotatable bonds is 2. The van der Waals surface area contributed by atoms with Crippen molar-refractivity contribution < 1.29 is 9.53 Å². The van der Waals surface area contributed by atoms with Crippen molar-refractivity contribution >= 4 is 47.2 Å². The van der Waals surface area contributed by atoms with Crippen molar-refractivity contribution in [2.24, 2.45) is 0 Å². The molecule has 1 unspecified atom stereocenters. The number of halogens is 3. The van der Waals surface area contributed by atoms with Gasteiger partial charge in [-0.1, -0.05) is 29.3 Å². The Morgan fingerprint density at radius 1 is 1.24 bits per heavy atom. The maximum atomic E-state index is 12.7. The van der Waals surface area contributed by atoms with Crippen molar-refractivity contribution in [3.05, 3.63) is 57.6 Å². The van der Waals surface area contributed by atoms with Gasteiger partial charge in [0.2, 0.25) is 0 Å². The number of anilines is 1. The zero-order valence-corrected chi connectivity index (χ0v) is 16.1. The highest BCUT2D eigenvalue weighted by atomic mass is 35.5. The van der Waals surface area contributed by atoms with Crippen LogP contribution in [0.25, 0.3) is 0 Å². The molecule has 1 aliphatic heterocycles. The molecule has 0 fully saturated rings. The molecule has 3 N–H and O–H groups in total. The van der Waals surface area contributed by atoms with Gasteiger partial charge >= 0.3 is 0 Å². The van der Waals surface area contributed by atoms with Gasteiger partial charge in [0.1, 0.15) is 11.4 Å². The van der Waals surface area contributed by atoms with E-state index in [4.69, 9.17) is 33.7 Å². The maximum Gasteiger partial charge on any atom is 0.254 e. The normalized spacial score (nSPS) is 17.7. The van der Waals surface area contributed by atoms with E-state index in [9.17, 15) is 4.79 Å². The molecule has 2 aromatic rings. The third-order valence-corrected chi connectivity index (χ3v) is 4.62. The number of ether oxygens (including phenoxy) is 1. The lowest BCUT2D eigenvalue weighted by atomic mass is 9.89. The summed E-state index contributed by atoms with van der Waals surface area (Å²) < 4.78 is 5.98. The zero-order valence-electron chi connectivity index (χ0n) is 13.8. The molecule has 0 aromatic heterocycles. The number of fused-ring (bicyclic) bond motifs is 1. The van der Waals surface area contributed by atoms with Gasteiger partial charge < -0.3 is 15.8 Å². The molecule has 2 aromatic carbocycles. The second kappa shape index (κ2) is 7.32. The van der Waals surface area contributed by atoms with Crippen molar-refractivity contribution in [2.45, 2.75) is 31.9 Å². The highest BCUT2D eigenvalue weighted by Gasteiger charge is 2.35. The molecule has 0 radical (unpaired) electrons. The van der Waals surface area contributed by atoms with Crippen LogP contribution >= 0.6 is 35.6 Å². The van der Waals surface area contributed by atoms with E-state index < -0.39 is 5.60 Å². The van der Waals surface area contributed by atoms with Crippen LogP contribution in [0.5, 0.6) is 5.75 Å². The average molecular weight is 402 g/mol. The lowest BCUT2D eigenvalue weighted by molar-refractivity contribution is 0.0620. The SMILES string of the molecule is CC1(C)CC(NC(=O)c2c(Cl)cccc2Cl)c2cc(N)ccc2O1.Cl. The second-order valence-electron chi connectivity index (χ2n) is 6.49. The third kappa shape index (κ3) is 4.14. The van der Waals surface area contributed by atoms with Crippen LogP contribution in [0.15, 0.2) is 36.4 Å². The lowest BCUT2D eigenvalue weighted by Gasteiger charge is -2.38. The molecule has 0 spiro atoms. The van der Waals surface area contributed by atoms with E-state index in [0.29, 0.717) is 22.2 Å². The Balaban J connectivity index is 0.00000225. The molecule has 1 heterocycles. The van der Waals surface area contributed by atoms with E-state index in [1.807, 2.05) is 26.0 Å². The molecule has 0 bridgehead atoms. The van der Waals surface area contributed by atoms with Crippen molar-refractivity contribution in [1.29, 1.82) is 0 Å². The molecular formula is C18H19Cl3N2O2. The van der Waals surface area contributed by atoms with Crippen LogP contribution in [0, 0.1) is 0 Å². The molecule has 1 amide bonds. The van der Waals surface area contributed by atoms with E-state index in [-0.39, 0.29) is 29.9 Å². The van der Waals surface area contributed by atoms with E-state index >= 15 is 0 Å². The van der Waals surface area contributed by atoms with Crippen LogP contribution in [0.1, 0.15) is 42.2 Å². The molecule has 4 nitrogen and oxygen atoms in total. The molecule has 0 aliphatic carbocycles. The average Bonchev–Trinajstić information content (AvgIpc) is 2.47. The molecule has 0 saturated carbocycles. The number of hydrogen-bond acceptors (Lipinski definition) is 3. The van der Waals surface area contributed by atoms with E-state index in [0.717, 1.165) is 11.3 Å². The van der Waals surface area contributed by atoms with Crippen LogP contribution in [0.3, 0.4) is 0 Å². The first-order valence-electron chi connectivity index (χ1n) is 7.60. The summed E-state index contributed by atoms with van der Waals surface area (Å²) in [6, 6.07) is 10.2. The van der Waals surface area contributed by atoms with E-state index in [1.54, 1.807) is 24.3 Å². The Labute approximate surface area is 163 Å². The van der Waals surface area contributed by atoms with Crippen LogP contribution in [0.4, 0.5) is 5.69 Å². The minimum Gasteiger partial charge on any atom is -0.487 e. The molecule has 7 heteroatoms. The topological polar surface area (TPSA) is 64.4 Å². The molecular weight excluding hydrogens is 383 g/mol. The van der Waals surface area contributed by atoms with Gasteiger partial charge in [-0.3, -0.25) is 4.79 Å². The van der Waals surface area contributed by atoms with E-state index in [1.165, 1.54) is 0 Å². The Kier molecular flexibility index (Phi) is 5.77. The second-order valence-corrected chi connectivity index (χ2v) is 7.30. The van der Waals surface area contributed by atoms with Gasteiger partial charge in [0.05, 0.1) is 21.7 Å². The van der Waals surface area contributed by atoms with Crippen molar-refractivity contribution in [2.75, 3.05) is 5.73 Å². The fourth-order valence-electron chi connectivity index (χ4n) is 2.95. The fourth-order valence-corrected chi connectivity index (χ4v) is 3.52. The van der Waals surface area contributed by atoms with Crippen LogP contribution in [-0.4, -0.2) is 11.5 Å². The molecule has 0 saturated heterocycles. The molecule has 1 aliphatic rings. The highest BCUT2D eigenvalue weighted by Crippen LogP contribution is 2.40. The first-order valence-corrected chi connectivity index (χ1v) is 8.36. The van der Waals surface area contributed by atoms with E-state index in [2.05, 4.69) is 5.32 Å². The summed E-state index contributed by atoms with van der Waals surface area (Å²) in [5, 5.41) is 3.65. The maximum absolute atomic E-state index is 12.7. The smallest absolute Gasteiger partial charge is 0.254 e. The van der Waals surface area contributed by atoms with Gasteiger partial charge in [-0.25, -0.2) is 0 Å². The monoisotopic (exact) mass is 400 g/mol. The predicted molar refractivity (Wildman–Crippen MR) is 104 cm³/mol. The van der Waals surface area contributed by atoms with Gasteiger partial charge in [0.25, 0.3) is 5.91 Å². The number of carbonyl (C=O) groups is 1. The largest absolute Gasteiger partial charge is 0.487 e. The third-order valence-electron chi connectivity index (χ3n) is 3.99. The van der Waals surface area contributed by atoms with Crippen molar-refractivity contribution in [3.63, 3.8) is 0 Å². The Morgan fingerprint density at radius 2 is 1.88 bits per heavy atom. The van der Waals surface area contributed by atoms with Gasteiger partial charge in [0.15, 0.2) is 0 Å². The predicted octanol–water partition coefficient (Wildman–Crippen LogP) is 5.03. The first-order chi connectivity index (χ1) is 11.3. The number of hydrogen-bond donors (Lipinski definition) is 2. The number of nitrogens with one attached hydrogen (secondary N) is 1. The molecule has 134 valence electrons. The summed E-state index contributed by atoms with van der Waals surface area (Å²) in [6.45, 7) is 3.96. The van der Waals surface area contributed by atoms with Crippen molar-refractivity contribution in [1.82, 2.24) is 5.32 Å². The Morgan fingerprint density at radius 3 is 2.52 bits per heavy atom. The number of amides is 1. The summed E-state index contributed by atoms with van der Waals surface area (Å²) >= 11 is 12.3. The fraction of sp³-hybridized carbons (Fsp3) is 0.278. The quantitative estimate of drug-likeness (QED) is 0.694. The van der Waals surface area contributed by atoms with Crippen molar-refractivity contribution in [3.8, 4) is 5.75 Å². The number of benzene rings is 2. The summed E-state index contributed by atoms with van der Waals surface area (Å²) in [7, 11) is 0. The first kappa shape index (κ1) is 19.7. The highest BCUT2D eigenvalue weighted by molar-refractivity contribution is 6.39. The molecule has 1 atom stereocenters. The Hall–Kier alpha value is -1.62. The minimum absolute atomic E-state index is 0. The summed E-state index contributed by atoms with van der Waals surface area (Å²) in [5.74, 6) is 0.401. The Bertz CT molecular complexity index is 789. The van der Waals surface area contributed by atoms with Gasteiger partial charge in [-0.15, -0.1) is 12.4 Å². The van der Waals surface area contributed by atoms with Crippen LogP contribution in [-0.2, 0) is 0 Å². The van der Waals surface area contributed by atoms with Crippen LogP contribution < -0.4 is 15.8 Å². The molecule has 3 rings (SSSR count). The number of carbonyl (C=O) groups excluding carboxylic acids is 1.